The Morgan fingerprint density at radius 1 is 0.426 bits per heavy atom. The first kappa shape index (κ1) is 77.1. The smallest absolute Gasteiger partial charge is 0.321 e. The van der Waals surface area contributed by atoms with Crippen molar-refractivity contribution in [2.24, 2.45) is 0 Å². The lowest BCUT2D eigenvalue weighted by Crippen LogP contribution is -2.21. The molecule has 9 aliphatic rings. The fraction of sp³-hybridized carbons (Fsp3) is 0.391. The van der Waals surface area contributed by atoms with Gasteiger partial charge >= 0.3 is 17.9 Å². The Morgan fingerprint density at radius 2 is 0.878 bits per heavy atom. The number of aromatic nitrogens is 12. The number of aryl methyl sites for hydroxylation is 8. The highest BCUT2D eigenvalue weighted by Gasteiger charge is 2.46. The predicted octanol–water partition coefficient (Wildman–Crippen LogP) is 17.4. The van der Waals surface area contributed by atoms with E-state index in [0.29, 0.717) is 63.9 Å². The minimum Gasteiger partial charge on any atom is -0.469 e. The molecule has 15 heterocycles. The van der Waals surface area contributed by atoms with Crippen LogP contribution in [0.15, 0.2) is 72.8 Å². The third kappa shape index (κ3) is 13.5. The maximum absolute atomic E-state index is 14.1. The standard InChI is InChI=1S/C36H40N4O6.C34H38N4O4.C22H18N4O/c1-9-20-15(2)22-14-27-29(19(6)41)17(4)24(38-27)12-23-16(3)21(10-11-28(42)45-7)33(39-23)31-32(36(44)46-8)35(43)30-18(5)25(40-34(30)31)13-26(20)37-22;1-8-20-15(2)23-14-28-31(19(6)39)17(4)25(36-28)12-24-16(3)21(9-10-30(41)42-7)33(37-24)22-11-29(40)32-18(5)26(38-34(22)32)13-27(20)35-23;27-21-11-18-20-6-5-16(25-20)8-14-2-1-12(23-14)7-13-3-4-15(24-13)9-17-10-19(21)22(18)26-17/h12-16,20-21,32,38,40H,9-11H2,1-8H3;12-16,20-21,36,38H,8-11H2,1-7H3;1-2,7-10,23,26H,3-6,11H2/t15-,16+,20-,21+,32-;15-,16+,20-,21+;/m11./s1. The SMILES string of the molecule is CC[C@H]1c2cc3[nH]c4c(c3C)C(=O)[C@H](C(=O)OC)c4c3nc(cc4[nH]c(cc(n2)[C@@H]1C)c(C(C)=O)c4C)[C@@H](C)[C@@H]3CCC(=O)OC.CC[C@H]1c2cc3[nH]c4c(c5nc(cc6[nH]c(cc(n2)[C@@H]1C)c(C(C)=O)c6C)[C@@H](C)[C@@H]5CCC(=O)OC)CC(=O)c4c3C.O=C1Cc2c3nc(cc4ccc(cc5nc(cc6cc1c2[nH]6)CC5)[nH]4)CC3. The molecule has 590 valence electrons. The maximum atomic E-state index is 14.1. The summed E-state index contributed by atoms with van der Waals surface area (Å²) in [7, 11) is 4.03. The van der Waals surface area contributed by atoms with Crippen LogP contribution in [0.4, 0.5) is 0 Å². The number of aromatic amines is 6. The first-order chi connectivity index (χ1) is 55.1. The normalized spacial score (nSPS) is 20.1. The number of fused-ring (bicyclic) bond motifs is 24. The van der Waals surface area contributed by atoms with Crippen molar-refractivity contribution in [1.29, 1.82) is 0 Å². The number of ether oxygens (including phenoxy) is 3. The predicted molar refractivity (Wildman–Crippen MR) is 440 cm³/mol. The molecule has 0 spiro atoms. The minimum atomic E-state index is -1.19. The first-order valence-corrected chi connectivity index (χ1v) is 40.2. The molecule has 6 N–H and O–H groups in total. The molecular weight excluding hydrogens is 1450 g/mol. The number of ketones is 5. The molecule has 0 saturated carbocycles. The summed E-state index contributed by atoms with van der Waals surface area (Å²) in [6.07, 6.45) is 7.51. The molecule has 9 aromatic heterocycles. The molecule has 3 aliphatic carbocycles. The summed E-state index contributed by atoms with van der Waals surface area (Å²) in [6, 6.07) is 24.5. The van der Waals surface area contributed by atoms with E-state index < -0.39 is 11.9 Å². The summed E-state index contributed by atoms with van der Waals surface area (Å²) in [5, 5.41) is 0. The number of carbonyl (C=O) groups is 8. The summed E-state index contributed by atoms with van der Waals surface area (Å²) >= 11 is 0. The van der Waals surface area contributed by atoms with E-state index in [0.717, 1.165) is 195 Å². The van der Waals surface area contributed by atoms with Crippen LogP contribution in [0.25, 0.3) is 66.2 Å². The van der Waals surface area contributed by atoms with Gasteiger partial charge in [0.2, 0.25) is 0 Å². The molecule has 9 atom stereocenters. The largest absolute Gasteiger partial charge is 0.469 e. The number of hydrogen-bond acceptors (Lipinski definition) is 17. The molecule has 0 aromatic carbocycles. The van der Waals surface area contributed by atoms with Crippen molar-refractivity contribution in [2.45, 2.75) is 213 Å². The quantitative estimate of drug-likeness (QED) is 0.0303. The van der Waals surface area contributed by atoms with Gasteiger partial charge in [0.05, 0.1) is 60.3 Å². The first-order valence-electron chi connectivity index (χ1n) is 40.2. The summed E-state index contributed by atoms with van der Waals surface area (Å²) in [5.41, 5.74) is 30.0. The molecule has 18 rings (SSSR count). The van der Waals surface area contributed by atoms with Crippen molar-refractivity contribution in [1.82, 2.24) is 59.8 Å². The van der Waals surface area contributed by atoms with Gasteiger partial charge in [-0.25, -0.2) is 0 Å². The average Bonchev–Trinajstić information content (AvgIpc) is 1.58. The highest BCUT2D eigenvalue weighted by molar-refractivity contribution is 6.24. The van der Waals surface area contributed by atoms with Gasteiger partial charge in [-0.2, -0.15) is 0 Å². The zero-order valence-electron chi connectivity index (χ0n) is 67.8. The van der Waals surface area contributed by atoms with Crippen LogP contribution in [-0.2, 0) is 67.1 Å². The molecule has 0 unspecified atom stereocenters. The monoisotopic (exact) mass is 1540 g/mol. The number of Topliss-reactive ketones (excluding diaryl/α,β-unsaturated/α-hetero) is 5. The van der Waals surface area contributed by atoms with E-state index in [1.54, 1.807) is 13.8 Å². The Labute approximate surface area is 664 Å². The van der Waals surface area contributed by atoms with Gasteiger partial charge in [-0.05, 0) is 188 Å². The van der Waals surface area contributed by atoms with Gasteiger partial charge < -0.3 is 44.1 Å². The van der Waals surface area contributed by atoms with Crippen molar-refractivity contribution in [2.75, 3.05) is 21.3 Å². The van der Waals surface area contributed by atoms with E-state index >= 15 is 0 Å². The molecule has 9 aromatic rings. The lowest BCUT2D eigenvalue weighted by Gasteiger charge is -2.18. The van der Waals surface area contributed by atoms with E-state index in [9.17, 15) is 38.4 Å². The van der Waals surface area contributed by atoms with Crippen LogP contribution in [0.5, 0.6) is 0 Å². The fourth-order valence-corrected chi connectivity index (χ4v) is 19.4. The van der Waals surface area contributed by atoms with Crippen molar-refractivity contribution in [3.63, 3.8) is 0 Å². The molecular formula is C92H96N12O11. The zero-order valence-corrected chi connectivity index (χ0v) is 67.8. The summed E-state index contributed by atoms with van der Waals surface area (Å²) in [6.45, 7) is 23.7. The van der Waals surface area contributed by atoms with Crippen LogP contribution in [0.2, 0.25) is 0 Å². The molecule has 23 nitrogen and oxygen atoms in total. The van der Waals surface area contributed by atoms with Gasteiger partial charge in [0, 0.05) is 213 Å². The Bertz CT molecular complexity index is 6270. The third-order valence-corrected chi connectivity index (χ3v) is 25.7. The second-order valence-corrected chi connectivity index (χ2v) is 32.5. The van der Waals surface area contributed by atoms with Gasteiger partial charge in [-0.1, -0.05) is 41.5 Å². The van der Waals surface area contributed by atoms with Crippen molar-refractivity contribution >= 4 is 113 Å². The number of methoxy groups -OCH3 is 3. The maximum Gasteiger partial charge on any atom is 0.321 e. The second-order valence-electron chi connectivity index (χ2n) is 32.5. The van der Waals surface area contributed by atoms with E-state index in [1.165, 1.54) is 21.3 Å². The lowest BCUT2D eigenvalue weighted by atomic mass is 9.84. The van der Waals surface area contributed by atoms with Crippen LogP contribution < -0.4 is 0 Å². The minimum absolute atomic E-state index is 0.00646. The van der Waals surface area contributed by atoms with Gasteiger partial charge in [0.25, 0.3) is 0 Å². The van der Waals surface area contributed by atoms with Crippen LogP contribution in [0.1, 0.15) is 306 Å². The molecule has 0 radical (unpaired) electrons. The van der Waals surface area contributed by atoms with Crippen LogP contribution in [0, 0.1) is 27.7 Å². The topological polar surface area (TPSA) is 336 Å². The fourth-order valence-electron chi connectivity index (χ4n) is 19.4. The van der Waals surface area contributed by atoms with E-state index in [4.69, 9.17) is 44.1 Å². The van der Waals surface area contributed by atoms with Crippen molar-refractivity contribution in [3.8, 4) is 0 Å². The van der Waals surface area contributed by atoms with E-state index in [1.807, 2.05) is 71.0 Å². The lowest BCUT2D eigenvalue weighted by molar-refractivity contribution is -0.142. The number of esters is 3. The van der Waals surface area contributed by atoms with E-state index in [-0.39, 0.29) is 107 Å². The Hall–Kier alpha value is -11.9. The van der Waals surface area contributed by atoms with Crippen LogP contribution in [-0.4, -0.2) is 128 Å². The van der Waals surface area contributed by atoms with Gasteiger partial charge in [0.1, 0.15) is 5.92 Å². The number of nitrogens with one attached hydrogen (secondary N) is 6. The van der Waals surface area contributed by atoms with Gasteiger partial charge in [0.15, 0.2) is 28.9 Å². The highest BCUT2D eigenvalue weighted by atomic mass is 16.5. The molecule has 0 fully saturated rings. The average molecular weight is 1550 g/mol. The molecule has 115 heavy (non-hydrogen) atoms. The Balaban J connectivity index is 0.000000134. The molecule has 23 heteroatoms. The molecule has 0 amide bonds. The molecule has 6 aliphatic heterocycles. The molecule has 0 saturated heterocycles. The molecule has 24 bridgehead atoms. The number of nitrogens with zero attached hydrogens (tertiary/aromatic N) is 6. The van der Waals surface area contributed by atoms with Gasteiger partial charge in [-0.15, -0.1) is 0 Å². The number of H-pyrrole nitrogens is 6. The number of rotatable bonds is 11. The third-order valence-electron chi connectivity index (χ3n) is 25.7. The Morgan fingerprint density at radius 3 is 1.41 bits per heavy atom. The second kappa shape index (κ2) is 30.1. The van der Waals surface area contributed by atoms with Crippen LogP contribution >= 0.6 is 0 Å². The van der Waals surface area contributed by atoms with Crippen molar-refractivity contribution in [3.05, 3.63) is 208 Å². The summed E-state index contributed by atoms with van der Waals surface area (Å²) < 4.78 is 15.1. The van der Waals surface area contributed by atoms with Gasteiger partial charge in [-0.3, -0.25) is 68.3 Å². The summed E-state index contributed by atoms with van der Waals surface area (Å²) in [4.78, 5) is 155. The number of hydrogen-bond donors (Lipinski definition) is 6. The van der Waals surface area contributed by atoms with E-state index in [2.05, 4.69) is 101 Å². The summed E-state index contributed by atoms with van der Waals surface area (Å²) in [5.74, 6) is -2.54. The van der Waals surface area contributed by atoms with Crippen molar-refractivity contribution < 1.29 is 52.6 Å². The number of carbonyl (C=O) groups excluding carboxylic acids is 8. The zero-order chi connectivity index (χ0) is 81.2. The highest BCUT2D eigenvalue weighted by Crippen LogP contribution is 2.50. The van der Waals surface area contributed by atoms with Crippen LogP contribution in [0.3, 0.4) is 0 Å². The Kier molecular flexibility index (Phi) is 20.2.